The van der Waals surface area contributed by atoms with Gasteiger partial charge < -0.3 is 10.2 Å². The van der Waals surface area contributed by atoms with Crippen molar-refractivity contribution >= 4 is 0 Å². The summed E-state index contributed by atoms with van der Waals surface area (Å²) in [4.78, 5) is 2.53. The van der Waals surface area contributed by atoms with Gasteiger partial charge in [0.1, 0.15) is 5.82 Å². The molecule has 1 aromatic carbocycles. The van der Waals surface area contributed by atoms with E-state index in [1.807, 2.05) is 12.1 Å². The van der Waals surface area contributed by atoms with E-state index < -0.39 is 0 Å². The van der Waals surface area contributed by atoms with Crippen LogP contribution in [0.1, 0.15) is 25.3 Å². The molecule has 0 spiro atoms. The number of halogens is 1. The lowest BCUT2D eigenvalue weighted by Crippen LogP contribution is -2.37. The van der Waals surface area contributed by atoms with Crippen molar-refractivity contribution in [2.45, 2.75) is 26.3 Å². The smallest absolute Gasteiger partial charge is 0.123 e. The zero-order valence-corrected chi connectivity index (χ0v) is 11.2. The molecule has 2 rings (SSSR count). The largest absolute Gasteiger partial charge is 0.311 e. The second-order valence-corrected chi connectivity index (χ2v) is 5.33. The molecule has 1 N–H and O–H groups in total. The number of hydrogen-bond acceptors (Lipinski definition) is 2. The van der Waals surface area contributed by atoms with E-state index in [2.05, 4.69) is 17.1 Å². The molecule has 18 heavy (non-hydrogen) atoms. The molecule has 100 valence electrons. The lowest BCUT2D eigenvalue weighted by molar-refractivity contribution is 0.193. The maximum Gasteiger partial charge on any atom is 0.123 e. The SMILES string of the molecule is CC1CCN(CCNCc2ccc(F)cc2)CC1. The minimum atomic E-state index is -0.166. The molecule has 0 atom stereocenters. The molecule has 1 aliphatic heterocycles. The van der Waals surface area contributed by atoms with Gasteiger partial charge in [0.2, 0.25) is 0 Å². The molecule has 1 aliphatic rings. The van der Waals surface area contributed by atoms with Gasteiger partial charge in [0.25, 0.3) is 0 Å². The Bertz CT molecular complexity index is 342. The number of rotatable bonds is 5. The van der Waals surface area contributed by atoms with Crippen LogP contribution in [0.15, 0.2) is 24.3 Å². The molecular weight excluding hydrogens is 227 g/mol. The van der Waals surface area contributed by atoms with E-state index in [1.165, 1.54) is 38.1 Å². The predicted molar refractivity (Wildman–Crippen MR) is 72.9 cm³/mol. The molecule has 1 aromatic rings. The summed E-state index contributed by atoms with van der Waals surface area (Å²) < 4.78 is 12.7. The summed E-state index contributed by atoms with van der Waals surface area (Å²) in [5.74, 6) is 0.731. The Morgan fingerprint density at radius 1 is 1.22 bits per heavy atom. The van der Waals surface area contributed by atoms with Crippen LogP contribution >= 0.6 is 0 Å². The third-order valence-corrected chi connectivity index (χ3v) is 3.72. The van der Waals surface area contributed by atoms with Gasteiger partial charge in [0.15, 0.2) is 0 Å². The summed E-state index contributed by atoms with van der Waals surface area (Å²) in [6.07, 6.45) is 2.66. The first-order chi connectivity index (χ1) is 8.74. The lowest BCUT2D eigenvalue weighted by atomic mass is 9.99. The maximum atomic E-state index is 12.7. The van der Waals surface area contributed by atoms with E-state index >= 15 is 0 Å². The van der Waals surface area contributed by atoms with Crippen molar-refractivity contribution in [3.63, 3.8) is 0 Å². The molecule has 0 unspecified atom stereocenters. The highest BCUT2D eigenvalue weighted by molar-refractivity contribution is 5.15. The zero-order chi connectivity index (χ0) is 12.8. The van der Waals surface area contributed by atoms with Crippen LogP contribution in [0.2, 0.25) is 0 Å². The molecular formula is C15H23FN2. The molecule has 2 nitrogen and oxygen atoms in total. The molecule has 0 saturated carbocycles. The van der Waals surface area contributed by atoms with Gasteiger partial charge in [-0.2, -0.15) is 0 Å². The molecule has 3 heteroatoms. The number of likely N-dealkylation sites (tertiary alicyclic amines) is 1. The third-order valence-electron chi connectivity index (χ3n) is 3.72. The highest BCUT2D eigenvalue weighted by Crippen LogP contribution is 2.15. The minimum Gasteiger partial charge on any atom is -0.311 e. The van der Waals surface area contributed by atoms with Crippen LogP contribution in [0.5, 0.6) is 0 Å². The topological polar surface area (TPSA) is 15.3 Å². The first-order valence-electron chi connectivity index (χ1n) is 6.91. The Kier molecular flexibility index (Phi) is 5.14. The van der Waals surface area contributed by atoms with Gasteiger partial charge in [-0.25, -0.2) is 4.39 Å². The van der Waals surface area contributed by atoms with Crippen LogP contribution in [-0.2, 0) is 6.54 Å². The molecule has 0 aliphatic carbocycles. The third kappa shape index (κ3) is 4.39. The second-order valence-electron chi connectivity index (χ2n) is 5.33. The summed E-state index contributed by atoms with van der Waals surface area (Å²) in [6, 6.07) is 6.71. The number of nitrogens with zero attached hydrogens (tertiary/aromatic N) is 1. The van der Waals surface area contributed by atoms with Gasteiger partial charge in [-0.3, -0.25) is 0 Å². The van der Waals surface area contributed by atoms with Crippen LogP contribution in [0.25, 0.3) is 0 Å². The molecule has 1 saturated heterocycles. The van der Waals surface area contributed by atoms with Crippen molar-refractivity contribution in [2.75, 3.05) is 26.2 Å². The second kappa shape index (κ2) is 6.86. The molecule has 1 heterocycles. The maximum absolute atomic E-state index is 12.7. The van der Waals surface area contributed by atoms with Gasteiger partial charge in [-0.1, -0.05) is 19.1 Å². The van der Waals surface area contributed by atoms with Gasteiger partial charge >= 0.3 is 0 Å². The van der Waals surface area contributed by atoms with E-state index in [0.29, 0.717) is 0 Å². The van der Waals surface area contributed by atoms with Crippen LogP contribution in [0.3, 0.4) is 0 Å². The summed E-state index contributed by atoms with van der Waals surface area (Å²) in [7, 11) is 0. The normalized spacial score (nSPS) is 18.1. The Morgan fingerprint density at radius 2 is 1.89 bits per heavy atom. The number of piperidine rings is 1. The fourth-order valence-corrected chi connectivity index (χ4v) is 2.36. The minimum absolute atomic E-state index is 0.166. The number of benzene rings is 1. The first-order valence-corrected chi connectivity index (χ1v) is 6.91. The Balaban J connectivity index is 1.60. The van der Waals surface area contributed by atoms with Crippen molar-refractivity contribution < 1.29 is 4.39 Å². The Labute approximate surface area is 109 Å². The lowest BCUT2D eigenvalue weighted by Gasteiger charge is -2.30. The average Bonchev–Trinajstić information content (AvgIpc) is 2.39. The van der Waals surface area contributed by atoms with Crippen molar-refractivity contribution in [1.82, 2.24) is 10.2 Å². The molecule has 0 aromatic heterocycles. The highest BCUT2D eigenvalue weighted by atomic mass is 19.1. The van der Waals surface area contributed by atoms with E-state index in [0.717, 1.165) is 31.1 Å². The first kappa shape index (κ1) is 13.5. The number of hydrogen-bond donors (Lipinski definition) is 1. The van der Waals surface area contributed by atoms with E-state index in [-0.39, 0.29) is 5.82 Å². The predicted octanol–water partition coefficient (Wildman–Crippen LogP) is 2.65. The highest BCUT2D eigenvalue weighted by Gasteiger charge is 2.14. The summed E-state index contributed by atoms with van der Waals surface area (Å²) in [5, 5.41) is 3.42. The van der Waals surface area contributed by atoms with Gasteiger partial charge in [-0.15, -0.1) is 0 Å². The molecule has 0 amide bonds. The Hall–Kier alpha value is -0.930. The fraction of sp³-hybridized carbons (Fsp3) is 0.600. The van der Waals surface area contributed by atoms with Crippen molar-refractivity contribution in [2.24, 2.45) is 5.92 Å². The summed E-state index contributed by atoms with van der Waals surface area (Å²) in [6.45, 7) is 7.76. The van der Waals surface area contributed by atoms with Crippen molar-refractivity contribution in [3.8, 4) is 0 Å². The van der Waals surface area contributed by atoms with Crippen LogP contribution < -0.4 is 5.32 Å². The standard InChI is InChI=1S/C15H23FN2/c1-13-6-9-18(10-7-13)11-8-17-12-14-2-4-15(16)5-3-14/h2-5,13,17H,6-12H2,1H3. The monoisotopic (exact) mass is 250 g/mol. The summed E-state index contributed by atoms with van der Waals surface area (Å²) in [5.41, 5.74) is 1.14. The van der Waals surface area contributed by atoms with Gasteiger partial charge in [0, 0.05) is 19.6 Å². The Morgan fingerprint density at radius 3 is 2.56 bits per heavy atom. The van der Waals surface area contributed by atoms with Crippen LogP contribution in [0.4, 0.5) is 4.39 Å². The number of nitrogens with one attached hydrogen (secondary N) is 1. The fourth-order valence-electron chi connectivity index (χ4n) is 2.36. The zero-order valence-electron chi connectivity index (χ0n) is 11.2. The van der Waals surface area contributed by atoms with Crippen LogP contribution in [-0.4, -0.2) is 31.1 Å². The molecule has 0 bridgehead atoms. The van der Waals surface area contributed by atoms with Gasteiger partial charge in [-0.05, 0) is 49.5 Å². The molecule has 1 fully saturated rings. The van der Waals surface area contributed by atoms with Crippen molar-refractivity contribution in [3.05, 3.63) is 35.6 Å². The summed E-state index contributed by atoms with van der Waals surface area (Å²) >= 11 is 0. The van der Waals surface area contributed by atoms with E-state index in [9.17, 15) is 4.39 Å². The van der Waals surface area contributed by atoms with E-state index in [1.54, 1.807) is 0 Å². The molecule has 0 radical (unpaired) electrons. The van der Waals surface area contributed by atoms with Gasteiger partial charge in [0.05, 0.1) is 0 Å². The van der Waals surface area contributed by atoms with Crippen LogP contribution in [0, 0.1) is 11.7 Å². The van der Waals surface area contributed by atoms with E-state index in [4.69, 9.17) is 0 Å². The quantitative estimate of drug-likeness (QED) is 0.808. The van der Waals surface area contributed by atoms with Crippen molar-refractivity contribution in [1.29, 1.82) is 0 Å². The average molecular weight is 250 g/mol.